The first-order valence-electron chi connectivity index (χ1n) is 3.43. The third kappa shape index (κ3) is 6.27. The normalized spacial score (nSPS) is 11.6. The molecule has 1 unspecified atom stereocenters. The van der Waals surface area contributed by atoms with Crippen LogP contribution in [-0.2, 0) is 23.9 Å². The Balaban J connectivity index is 4.02. The average molecular weight is 253 g/mol. The molecule has 0 aromatic carbocycles. The molecule has 1 atom stereocenters. The smallest absolute Gasteiger partial charge is 0.303 e. The summed E-state index contributed by atoms with van der Waals surface area (Å²) in [5.74, 6) is -1.14. The van der Waals surface area contributed by atoms with Crippen molar-refractivity contribution in [2.24, 2.45) is 0 Å². The van der Waals surface area contributed by atoms with Crippen LogP contribution < -0.4 is 0 Å². The predicted octanol–water partition coefficient (Wildman–Crippen LogP) is 0.403. The average Bonchev–Trinajstić information content (AvgIpc) is 1.96. The molecular weight excluding hydrogens is 244 g/mol. The second-order valence-electron chi connectivity index (χ2n) is 2.20. The van der Waals surface area contributed by atoms with Crippen LogP contribution in [0, 0.1) is 0 Å². The molecule has 0 aliphatic carbocycles. The summed E-state index contributed by atoms with van der Waals surface area (Å²) in [5, 5.41) is 0. The molecule has 0 aliphatic rings. The number of halogens is 1. The standard InChI is InChI=1S/C7H9BrO5/c1-4(9)12-3-6(7(8)11)13-5(2)10/h6H,3H2,1-2H3. The molecule has 0 rings (SSSR count). The lowest BCUT2D eigenvalue weighted by Crippen LogP contribution is -2.28. The zero-order chi connectivity index (χ0) is 10.4. The third-order valence-electron chi connectivity index (χ3n) is 0.999. The van der Waals surface area contributed by atoms with Gasteiger partial charge in [-0.15, -0.1) is 0 Å². The van der Waals surface area contributed by atoms with Gasteiger partial charge >= 0.3 is 11.9 Å². The van der Waals surface area contributed by atoms with Gasteiger partial charge < -0.3 is 9.47 Å². The van der Waals surface area contributed by atoms with Gasteiger partial charge in [-0.05, 0) is 15.9 Å². The van der Waals surface area contributed by atoms with Crippen molar-refractivity contribution in [1.82, 2.24) is 0 Å². The van der Waals surface area contributed by atoms with Gasteiger partial charge in [0, 0.05) is 13.8 Å². The Morgan fingerprint density at radius 2 is 1.77 bits per heavy atom. The highest BCUT2D eigenvalue weighted by atomic mass is 79.9. The SMILES string of the molecule is CC(=O)OCC(OC(C)=O)C(=O)Br. The van der Waals surface area contributed by atoms with E-state index in [2.05, 4.69) is 25.4 Å². The summed E-state index contributed by atoms with van der Waals surface area (Å²) < 4.78 is 8.51. The lowest BCUT2D eigenvalue weighted by atomic mass is 10.4. The molecule has 74 valence electrons. The fourth-order valence-electron chi connectivity index (χ4n) is 0.539. The Bertz CT molecular complexity index is 225. The highest BCUT2D eigenvalue weighted by molar-refractivity contribution is 9.18. The molecule has 0 saturated heterocycles. The van der Waals surface area contributed by atoms with E-state index in [1.807, 2.05) is 0 Å². The number of rotatable bonds is 4. The zero-order valence-electron chi connectivity index (χ0n) is 7.20. The van der Waals surface area contributed by atoms with Crippen LogP contribution >= 0.6 is 15.9 Å². The quantitative estimate of drug-likeness (QED) is 0.535. The van der Waals surface area contributed by atoms with Gasteiger partial charge in [-0.3, -0.25) is 14.4 Å². The molecule has 6 heteroatoms. The van der Waals surface area contributed by atoms with E-state index in [1.54, 1.807) is 0 Å². The Morgan fingerprint density at radius 1 is 1.23 bits per heavy atom. The fraction of sp³-hybridized carbons (Fsp3) is 0.571. The van der Waals surface area contributed by atoms with E-state index in [4.69, 9.17) is 0 Å². The van der Waals surface area contributed by atoms with Crippen molar-refractivity contribution < 1.29 is 23.9 Å². The maximum atomic E-state index is 10.7. The predicted molar refractivity (Wildman–Crippen MR) is 46.1 cm³/mol. The van der Waals surface area contributed by atoms with Crippen LogP contribution in [-0.4, -0.2) is 29.3 Å². The van der Waals surface area contributed by atoms with E-state index < -0.39 is 22.7 Å². The number of hydrogen-bond acceptors (Lipinski definition) is 5. The van der Waals surface area contributed by atoms with Crippen LogP contribution in [0.15, 0.2) is 0 Å². The minimum atomic E-state index is -1.07. The number of carbonyl (C=O) groups is 3. The number of ether oxygens (including phenoxy) is 2. The second-order valence-corrected chi connectivity index (χ2v) is 2.99. The Hall–Kier alpha value is -0.910. The van der Waals surface area contributed by atoms with Crippen molar-refractivity contribution in [2.75, 3.05) is 6.61 Å². The van der Waals surface area contributed by atoms with E-state index in [-0.39, 0.29) is 6.61 Å². The highest BCUT2D eigenvalue weighted by Crippen LogP contribution is 2.01. The molecule has 0 spiro atoms. The van der Waals surface area contributed by atoms with Gasteiger partial charge in [-0.25, -0.2) is 0 Å². The minimum Gasteiger partial charge on any atom is -0.461 e. The number of esters is 2. The number of carbonyl (C=O) groups excluding carboxylic acids is 3. The van der Waals surface area contributed by atoms with Crippen LogP contribution in [0.5, 0.6) is 0 Å². The highest BCUT2D eigenvalue weighted by Gasteiger charge is 2.20. The van der Waals surface area contributed by atoms with E-state index in [0.29, 0.717) is 0 Å². The summed E-state index contributed by atoms with van der Waals surface area (Å²) in [4.78, 5) is 31.6. The van der Waals surface area contributed by atoms with Crippen LogP contribution in [0.4, 0.5) is 0 Å². The molecule has 0 radical (unpaired) electrons. The van der Waals surface area contributed by atoms with Crippen molar-refractivity contribution in [1.29, 1.82) is 0 Å². The van der Waals surface area contributed by atoms with Crippen LogP contribution in [0.25, 0.3) is 0 Å². The third-order valence-corrected chi connectivity index (χ3v) is 1.51. The maximum Gasteiger partial charge on any atom is 0.303 e. The first-order chi connectivity index (χ1) is 5.93. The van der Waals surface area contributed by atoms with Gasteiger partial charge in [0.25, 0.3) is 0 Å². The van der Waals surface area contributed by atoms with Gasteiger partial charge in [-0.1, -0.05) is 0 Å². The van der Waals surface area contributed by atoms with E-state index in [9.17, 15) is 14.4 Å². The topological polar surface area (TPSA) is 69.7 Å². The largest absolute Gasteiger partial charge is 0.461 e. The fourth-order valence-corrected chi connectivity index (χ4v) is 0.765. The zero-order valence-corrected chi connectivity index (χ0v) is 8.79. The Kier molecular flexibility index (Phi) is 5.29. The second kappa shape index (κ2) is 5.69. The number of hydrogen-bond donors (Lipinski definition) is 0. The first-order valence-corrected chi connectivity index (χ1v) is 4.22. The maximum absolute atomic E-state index is 10.7. The van der Waals surface area contributed by atoms with Gasteiger partial charge in [-0.2, -0.15) is 0 Å². The summed E-state index contributed by atoms with van der Waals surface area (Å²) in [5.41, 5.74) is 0. The van der Waals surface area contributed by atoms with Crippen molar-refractivity contribution in [3.05, 3.63) is 0 Å². The molecular formula is C7H9BrO5. The van der Waals surface area contributed by atoms with Crippen LogP contribution in [0.1, 0.15) is 13.8 Å². The summed E-state index contributed by atoms with van der Waals surface area (Å²) in [7, 11) is 0. The van der Waals surface area contributed by atoms with E-state index in [1.165, 1.54) is 6.92 Å². The summed E-state index contributed by atoms with van der Waals surface area (Å²) in [6, 6.07) is 0. The van der Waals surface area contributed by atoms with Crippen molar-refractivity contribution in [2.45, 2.75) is 20.0 Å². The first kappa shape index (κ1) is 12.1. The molecule has 5 nitrogen and oxygen atoms in total. The summed E-state index contributed by atoms with van der Waals surface area (Å²) in [6.45, 7) is 2.10. The van der Waals surface area contributed by atoms with Crippen LogP contribution in [0.2, 0.25) is 0 Å². The molecule has 0 bridgehead atoms. The molecule has 0 aromatic rings. The molecule has 0 N–H and O–H groups in total. The van der Waals surface area contributed by atoms with Crippen molar-refractivity contribution in [3.8, 4) is 0 Å². The van der Waals surface area contributed by atoms with Crippen LogP contribution in [0.3, 0.4) is 0 Å². The molecule has 0 amide bonds. The molecule has 0 aromatic heterocycles. The van der Waals surface area contributed by atoms with Crippen molar-refractivity contribution in [3.63, 3.8) is 0 Å². The van der Waals surface area contributed by atoms with E-state index >= 15 is 0 Å². The molecule has 0 fully saturated rings. The van der Waals surface area contributed by atoms with Gasteiger partial charge in [0.2, 0.25) is 10.8 Å². The minimum absolute atomic E-state index is 0.265. The molecule has 0 heterocycles. The van der Waals surface area contributed by atoms with Gasteiger partial charge in [0.1, 0.15) is 6.61 Å². The van der Waals surface area contributed by atoms with E-state index in [0.717, 1.165) is 6.92 Å². The lowest BCUT2D eigenvalue weighted by Gasteiger charge is -2.11. The Morgan fingerprint density at radius 3 is 2.08 bits per heavy atom. The molecule has 0 saturated carbocycles. The Labute approximate surface area is 83.5 Å². The molecule has 0 aliphatic heterocycles. The van der Waals surface area contributed by atoms with Gasteiger partial charge in [0.15, 0.2) is 0 Å². The molecule has 13 heavy (non-hydrogen) atoms. The van der Waals surface area contributed by atoms with Gasteiger partial charge in [0.05, 0.1) is 0 Å². The monoisotopic (exact) mass is 252 g/mol. The lowest BCUT2D eigenvalue weighted by molar-refractivity contribution is -0.158. The summed E-state index contributed by atoms with van der Waals surface area (Å²) in [6.07, 6.45) is -1.07. The van der Waals surface area contributed by atoms with Crippen molar-refractivity contribution >= 4 is 32.6 Å². The summed E-state index contributed by atoms with van der Waals surface area (Å²) >= 11 is 2.61.